The van der Waals surface area contributed by atoms with Gasteiger partial charge < -0.3 is 5.32 Å². The highest BCUT2D eigenvalue weighted by Gasteiger charge is 2.12. The number of hydrogen-bond donors (Lipinski definition) is 1. The summed E-state index contributed by atoms with van der Waals surface area (Å²) < 4.78 is 1.81. The van der Waals surface area contributed by atoms with Crippen molar-refractivity contribution in [3.63, 3.8) is 0 Å². The Morgan fingerprint density at radius 3 is 2.56 bits per heavy atom. The van der Waals surface area contributed by atoms with Gasteiger partial charge in [-0.15, -0.1) is 0 Å². The molecule has 25 heavy (non-hydrogen) atoms. The highest BCUT2D eigenvalue weighted by atomic mass is 35.5. The molecule has 1 heterocycles. The van der Waals surface area contributed by atoms with Crippen LogP contribution in [-0.4, -0.2) is 15.7 Å². The van der Waals surface area contributed by atoms with Crippen molar-refractivity contribution in [2.45, 2.75) is 20.4 Å². The number of rotatable bonds is 4. The van der Waals surface area contributed by atoms with Crippen molar-refractivity contribution in [3.8, 4) is 0 Å². The van der Waals surface area contributed by atoms with Crippen molar-refractivity contribution in [2.24, 2.45) is 0 Å². The maximum absolute atomic E-state index is 12.4. The van der Waals surface area contributed by atoms with Crippen molar-refractivity contribution in [1.29, 1.82) is 0 Å². The standard InChI is InChI=1S/C19H17Cl2N3O/c1-12-5-3-4-6-15(12)19(25)22-18-9-13(2)24(23-18)11-14-7-8-16(20)17(21)10-14/h3-10H,11H2,1-2H3,(H,22,23,25). The van der Waals surface area contributed by atoms with Crippen LogP contribution in [0.4, 0.5) is 5.82 Å². The van der Waals surface area contributed by atoms with Crippen molar-refractivity contribution >= 4 is 34.9 Å². The van der Waals surface area contributed by atoms with Crippen LogP contribution in [0.15, 0.2) is 48.5 Å². The van der Waals surface area contributed by atoms with Crippen molar-refractivity contribution in [2.75, 3.05) is 5.32 Å². The summed E-state index contributed by atoms with van der Waals surface area (Å²) in [5.41, 5.74) is 3.48. The number of carbonyl (C=O) groups is 1. The van der Waals surface area contributed by atoms with Crippen LogP contribution in [0.3, 0.4) is 0 Å². The third-order valence-electron chi connectivity index (χ3n) is 3.93. The topological polar surface area (TPSA) is 46.9 Å². The highest BCUT2D eigenvalue weighted by molar-refractivity contribution is 6.42. The zero-order chi connectivity index (χ0) is 18.0. The molecule has 0 aliphatic heterocycles. The lowest BCUT2D eigenvalue weighted by atomic mass is 10.1. The number of carbonyl (C=O) groups excluding carboxylic acids is 1. The van der Waals surface area contributed by atoms with Crippen LogP contribution in [0, 0.1) is 13.8 Å². The molecule has 0 fully saturated rings. The summed E-state index contributed by atoms with van der Waals surface area (Å²) in [5, 5.41) is 8.34. The maximum Gasteiger partial charge on any atom is 0.257 e. The minimum atomic E-state index is -0.169. The van der Waals surface area contributed by atoms with E-state index in [-0.39, 0.29) is 5.91 Å². The molecule has 0 spiro atoms. The number of nitrogens with one attached hydrogen (secondary N) is 1. The largest absolute Gasteiger partial charge is 0.305 e. The first-order chi connectivity index (χ1) is 11.9. The first kappa shape index (κ1) is 17.5. The minimum Gasteiger partial charge on any atom is -0.305 e. The quantitative estimate of drug-likeness (QED) is 0.690. The van der Waals surface area contributed by atoms with E-state index in [1.54, 1.807) is 12.1 Å². The zero-order valence-corrected chi connectivity index (χ0v) is 15.4. The monoisotopic (exact) mass is 373 g/mol. The van der Waals surface area contributed by atoms with Gasteiger partial charge in [0.05, 0.1) is 16.6 Å². The number of aryl methyl sites for hydroxylation is 2. The number of benzene rings is 2. The molecule has 4 nitrogen and oxygen atoms in total. The summed E-state index contributed by atoms with van der Waals surface area (Å²) in [7, 11) is 0. The normalized spacial score (nSPS) is 10.7. The van der Waals surface area contributed by atoms with E-state index in [9.17, 15) is 4.79 Å². The lowest BCUT2D eigenvalue weighted by molar-refractivity contribution is 0.102. The molecule has 0 radical (unpaired) electrons. The molecule has 0 saturated carbocycles. The molecule has 3 rings (SSSR count). The van der Waals surface area contributed by atoms with Crippen molar-refractivity contribution in [1.82, 2.24) is 9.78 Å². The van der Waals surface area contributed by atoms with E-state index < -0.39 is 0 Å². The van der Waals surface area contributed by atoms with E-state index in [1.165, 1.54) is 0 Å². The van der Waals surface area contributed by atoms with Crippen LogP contribution >= 0.6 is 23.2 Å². The second kappa shape index (κ2) is 7.30. The third-order valence-corrected chi connectivity index (χ3v) is 4.67. The molecule has 1 aromatic heterocycles. The van der Waals surface area contributed by atoms with Gasteiger partial charge in [0, 0.05) is 17.3 Å². The van der Waals surface area contributed by atoms with E-state index in [0.29, 0.717) is 28.0 Å². The summed E-state index contributed by atoms with van der Waals surface area (Å²) in [6.45, 7) is 4.39. The van der Waals surface area contributed by atoms with Gasteiger partial charge in [-0.25, -0.2) is 0 Å². The third kappa shape index (κ3) is 4.03. The van der Waals surface area contributed by atoms with E-state index >= 15 is 0 Å². The van der Waals surface area contributed by atoms with Gasteiger partial charge >= 0.3 is 0 Å². The number of hydrogen-bond acceptors (Lipinski definition) is 2. The Hall–Kier alpha value is -2.30. The summed E-state index contributed by atoms with van der Waals surface area (Å²) in [6.07, 6.45) is 0. The molecule has 0 saturated heterocycles. The molecule has 0 atom stereocenters. The van der Waals surface area contributed by atoms with Gasteiger partial charge in [-0.2, -0.15) is 5.10 Å². The van der Waals surface area contributed by atoms with Crippen LogP contribution in [0.5, 0.6) is 0 Å². The fourth-order valence-electron chi connectivity index (χ4n) is 2.55. The van der Waals surface area contributed by atoms with Gasteiger partial charge in [-0.3, -0.25) is 9.48 Å². The fourth-order valence-corrected chi connectivity index (χ4v) is 2.87. The van der Waals surface area contributed by atoms with E-state index in [0.717, 1.165) is 16.8 Å². The highest BCUT2D eigenvalue weighted by Crippen LogP contribution is 2.23. The van der Waals surface area contributed by atoms with Gasteiger partial charge in [0.15, 0.2) is 5.82 Å². The van der Waals surface area contributed by atoms with Gasteiger partial charge in [0.1, 0.15) is 0 Å². The number of halogens is 2. The van der Waals surface area contributed by atoms with Crippen LogP contribution in [0.25, 0.3) is 0 Å². The molecule has 0 aliphatic rings. The Balaban J connectivity index is 1.77. The fraction of sp³-hybridized carbons (Fsp3) is 0.158. The van der Waals surface area contributed by atoms with Gasteiger partial charge in [0.25, 0.3) is 5.91 Å². The van der Waals surface area contributed by atoms with Crippen LogP contribution in [-0.2, 0) is 6.54 Å². The summed E-state index contributed by atoms with van der Waals surface area (Å²) in [5.74, 6) is 0.350. The summed E-state index contributed by atoms with van der Waals surface area (Å²) in [6, 6.07) is 14.8. The lowest BCUT2D eigenvalue weighted by Gasteiger charge is -2.06. The predicted octanol–water partition coefficient (Wildman–Crippen LogP) is 5.11. The Labute approximate surface area is 156 Å². The molecule has 0 aliphatic carbocycles. The minimum absolute atomic E-state index is 0.169. The molecule has 6 heteroatoms. The van der Waals surface area contributed by atoms with Gasteiger partial charge in [0.2, 0.25) is 0 Å². The first-order valence-corrected chi connectivity index (χ1v) is 8.55. The average molecular weight is 374 g/mol. The van der Waals surface area contributed by atoms with Gasteiger partial charge in [-0.1, -0.05) is 47.5 Å². The molecular formula is C19H17Cl2N3O. The SMILES string of the molecule is Cc1ccccc1C(=O)Nc1cc(C)n(Cc2ccc(Cl)c(Cl)c2)n1. The van der Waals surface area contributed by atoms with E-state index in [2.05, 4.69) is 10.4 Å². The van der Waals surface area contributed by atoms with Crippen molar-refractivity contribution in [3.05, 3.63) is 81.0 Å². The summed E-state index contributed by atoms with van der Waals surface area (Å²) in [4.78, 5) is 12.4. The second-order valence-electron chi connectivity index (χ2n) is 5.85. The van der Waals surface area contributed by atoms with E-state index in [4.69, 9.17) is 23.2 Å². The number of anilines is 1. The Morgan fingerprint density at radius 2 is 1.84 bits per heavy atom. The number of nitrogens with zero attached hydrogens (tertiary/aromatic N) is 2. The zero-order valence-electron chi connectivity index (χ0n) is 13.9. The Morgan fingerprint density at radius 1 is 1.08 bits per heavy atom. The average Bonchev–Trinajstić information content (AvgIpc) is 2.90. The van der Waals surface area contributed by atoms with E-state index in [1.807, 2.05) is 54.9 Å². The maximum atomic E-state index is 12.4. The molecule has 1 N–H and O–H groups in total. The van der Waals surface area contributed by atoms with Crippen LogP contribution < -0.4 is 5.32 Å². The molecule has 2 aromatic carbocycles. The summed E-state index contributed by atoms with van der Waals surface area (Å²) >= 11 is 12.0. The van der Waals surface area contributed by atoms with Crippen LogP contribution in [0.2, 0.25) is 10.0 Å². The van der Waals surface area contributed by atoms with Crippen LogP contribution in [0.1, 0.15) is 27.2 Å². The first-order valence-electron chi connectivity index (χ1n) is 7.79. The number of amides is 1. The number of aromatic nitrogens is 2. The molecule has 1 amide bonds. The molecule has 0 unspecified atom stereocenters. The predicted molar refractivity (Wildman–Crippen MR) is 102 cm³/mol. The van der Waals surface area contributed by atoms with Crippen molar-refractivity contribution < 1.29 is 4.79 Å². The molecule has 3 aromatic rings. The molecule has 128 valence electrons. The lowest BCUT2D eigenvalue weighted by Crippen LogP contribution is -2.14. The van der Waals surface area contributed by atoms with Gasteiger partial charge in [-0.05, 0) is 43.2 Å². The molecule has 0 bridgehead atoms. The molecular weight excluding hydrogens is 357 g/mol. The Bertz CT molecular complexity index is 934. The Kier molecular flexibility index (Phi) is 5.11. The second-order valence-corrected chi connectivity index (χ2v) is 6.66. The smallest absolute Gasteiger partial charge is 0.257 e.